The fourth-order valence-corrected chi connectivity index (χ4v) is 3.73. The second-order valence-corrected chi connectivity index (χ2v) is 8.31. The topological polar surface area (TPSA) is 76.5 Å². The highest BCUT2D eigenvalue weighted by molar-refractivity contribution is 7.92. The van der Waals surface area contributed by atoms with Gasteiger partial charge >= 0.3 is 0 Å². The van der Waals surface area contributed by atoms with Crippen LogP contribution in [0.25, 0.3) is 0 Å². The lowest BCUT2D eigenvalue weighted by Gasteiger charge is -2.11. The number of sulfonamides is 1. The second kappa shape index (κ2) is 8.66. The first-order valence-electron chi connectivity index (χ1n) is 8.55. The Morgan fingerprint density at radius 3 is 2.38 bits per heavy atom. The summed E-state index contributed by atoms with van der Waals surface area (Å²) in [6.07, 6.45) is 0.965. The number of nitrogens with one attached hydrogen (secondary N) is 1. The standard InChI is InChI=1S/C18H28N4O3S/c1-14-18(15(2)22(5)19-14)20-26(23,24)17-9-7-16(8-10-17)13-25-12-6-11-21(3)4/h7-10,20H,6,11-13H2,1-5H3. The van der Waals surface area contributed by atoms with E-state index in [4.69, 9.17) is 4.74 Å². The summed E-state index contributed by atoms with van der Waals surface area (Å²) in [4.78, 5) is 2.33. The van der Waals surface area contributed by atoms with Crippen molar-refractivity contribution in [1.82, 2.24) is 14.7 Å². The van der Waals surface area contributed by atoms with Gasteiger partial charge in [-0.3, -0.25) is 9.40 Å². The number of aryl methyl sites for hydroxylation is 2. The number of aromatic nitrogens is 2. The second-order valence-electron chi connectivity index (χ2n) is 6.63. The van der Waals surface area contributed by atoms with Crippen LogP contribution in [0.1, 0.15) is 23.4 Å². The van der Waals surface area contributed by atoms with E-state index in [1.165, 1.54) is 0 Å². The Labute approximate surface area is 156 Å². The molecule has 0 saturated carbocycles. The molecule has 0 saturated heterocycles. The molecule has 2 aromatic rings. The van der Waals surface area contributed by atoms with E-state index >= 15 is 0 Å². The summed E-state index contributed by atoms with van der Waals surface area (Å²) in [5.74, 6) is 0. The number of hydrogen-bond acceptors (Lipinski definition) is 5. The van der Waals surface area contributed by atoms with Gasteiger partial charge in [0.1, 0.15) is 0 Å². The van der Waals surface area contributed by atoms with Gasteiger partial charge < -0.3 is 9.64 Å². The average Bonchev–Trinajstić information content (AvgIpc) is 2.81. The summed E-state index contributed by atoms with van der Waals surface area (Å²) >= 11 is 0. The molecule has 0 atom stereocenters. The minimum absolute atomic E-state index is 0.219. The quantitative estimate of drug-likeness (QED) is 0.676. The minimum atomic E-state index is -3.65. The van der Waals surface area contributed by atoms with Crippen LogP contribution in [0.2, 0.25) is 0 Å². The summed E-state index contributed by atoms with van der Waals surface area (Å²) in [7, 11) is 2.19. The molecule has 0 unspecified atom stereocenters. The smallest absolute Gasteiger partial charge is 0.262 e. The molecule has 1 aromatic carbocycles. The first-order chi connectivity index (χ1) is 12.2. The zero-order valence-electron chi connectivity index (χ0n) is 16.1. The molecule has 0 radical (unpaired) electrons. The van der Waals surface area contributed by atoms with Crippen LogP contribution in [0.15, 0.2) is 29.2 Å². The van der Waals surface area contributed by atoms with Crippen LogP contribution in [0, 0.1) is 13.8 Å². The average molecular weight is 381 g/mol. The Balaban J connectivity index is 1.98. The van der Waals surface area contributed by atoms with Gasteiger partial charge in [0.15, 0.2) is 0 Å². The third-order valence-electron chi connectivity index (χ3n) is 4.14. The molecule has 0 aliphatic heterocycles. The highest BCUT2D eigenvalue weighted by atomic mass is 32.2. The normalized spacial score (nSPS) is 11.9. The Bertz CT molecular complexity index is 827. The van der Waals surface area contributed by atoms with Crippen molar-refractivity contribution >= 4 is 15.7 Å². The van der Waals surface area contributed by atoms with Crippen LogP contribution in [-0.2, 0) is 28.4 Å². The molecule has 2 rings (SSSR count). The van der Waals surface area contributed by atoms with Gasteiger partial charge in [0, 0.05) is 13.7 Å². The molecule has 144 valence electrons. The Morgan fingerprint density at radius 1 is 1.19 bits per heavy atom. The van der Waals surface area contributed by atoms with Crippen LogP contribution in [0.3, 0.4) is 0 Å². The van der Waals surface area contributed by atoms with Crippen molar-refractivity contribution < 1.29 is 13.2 Å². The van der Waals surface area contributed by atoms with Gasteiger partial charge in [-0.25, -0.2) is 8.42 Å². The molecule has 0 aliphatic rings. The van der Waals surface area contributed by atoms with Gasteiger partial charge in [-0.15, -0.1) is 0 Å². The summed E-state index contributed by atoms with van der Waals surface area (Å²) < 4.78 is 35.1. The van der Waals surface area contributed by atoms with Crippen molar-refractivity contribution in [3.63, 3.8) is 0 Å². The molecule has 0 bridgehead atoms. The van der Waals surface area contributed by atoms with Gasteiger partial charge in [0.25, 0.3) is 10.0 Å². The van der Waals surface area contributed by atoms with E-state index in [2.05, 4.69) is 14.7 Å². The Hall–Kier alpha value is -1.90. The van der Waals surface area contributed by atoms with Crippen LogP contribution in [-0.4, -0.2) is 50.3 Å². The predicted octanol–water partition coefficient (Wildman–Crippen LogP) is 2.31. The predicted molar refractivity (Wildman–Crippen MR) is 103 cm³/mol. The summed E-state index contributed by atoms with van der Waals surface area (Å²) in [6.45, 7) is 5.74. The first kappa shape index (κ1) is 20.4. The van der Waals surface area contributed by atoms with E-state index in [0.717, 1.165) is 24.2 Å². The fourth-order valence-electron chi connectivity index (χ4n) is 2.55. The van der Waals surface area contributed by atoms with Gasteiger partial charge in [-0.2, -0.15) is 5.10 Å². The molecule has 0 fully saturated rings. The van der Waals surface area contributed by atoms with Crippen LogP contribution in [0.5, 0.6) is 0 Å². The lowest BCUT2D eigenvalue weighted by Crippen LogP contribution is -2.15. The maximum absolute atomic E-state index is 12.6. The lowest BCUT2D eigenvalue weighted by atomic mass is 10.2. The van der Waals surface area contributed by atoms with E-state index < -0.39 is 10.0 Å². The monoisotopic (exact) mass is 380 g/mol. The largest absolute Gasteiger partial charge is 0.377 e. The first-order valence-corrected chi connectivity index (χ1v) is 10.0. The van der Waals surface area contributed by atoms with Crippen molar-refractivity contribution in [2.24, 2.45) is 7.05 Å². The van der Waals surface area contributed by atoms with Crippen LogP contribution >= 0.6 is 0 Å². The van der Waals surface area contributed by atoms with Crippen molar-refractivity contribution in [1.29, 1.82) is 0 Å². The number of rotatable bonds is 9. The van der Waals surface area contributed by atoms with Crippen molar-refractivity contribution in [2.45, 2.75) is 31.8 Å². The van der Waals surface area contributed by atoms with Gasteiger partial charge in [-0.1, -0.05) is 12.1 Å². The summed E-state index contributed by atoms with van der Waals surface area (Å²) in [6, 6.07) is 6.76. The number of nitrogens with zero attached hydrogens (tertiary/aromatic N) is 3. The highest BCUT2D eigenvalue weighted by Crippen LogP contribution is 2.23. The number of hydrogen-bond donors (Lipinski definition) is 1. The zero-order chi connectivity index (χ0) is 19.3. The van der Waals surface area contributed by atoms with Crippen molar-refractivity contribution in [2.75, 3.05) is 32.0 Å². The molecule has 1 aromatic heterocycles. The maximum atomic E-state index is 12.6. The van der Waals surface area contributed by atoms with E-state index in [1.807, 2.05) is 21.0 Å². The SMILES string of the molecule is Cc1nn(C)c(C)c1NS(=O)(=O)c1ccc(COCCCN(C)C)cc1. The van der Waals surface area contributed by atoms with Gasteiger partial charge in [-0.05, 0) is 58.6 Å². The molecule has 1 N–H and O–H groups in total. The number of ether oxygens (including phenoxy) is 1. The molecule has 0 spiro atoms. The Kier molecular flexibility index (Phi) is 6.80. The van der Waals surface area contributed by atoms with Crippen molar-refractivity contribution in [3.05, 3.63) is 41.2 Å². The Morgan fingerprint density at radius 2 is 1.85 bits per heavy atom. The molecule has 1 heterocycles. The third kappa shape index (κ3) is 5.30. The molecule has 26 heavy (non-hydrogen) atoms. The molecule has 7 nitrogen and oxygen atoms in total. The van der Waals surface area contributed by atoms with E-state index in [1.54, 1.807) is 42.9 Å². The number of benzene rings is 1. The van der Waals surface area contributed by atoms with E-state index in [9.17, 15) is 8.42 Å². The molecular formula is C18H28N4O3S. The maximum Gasteiger partial charge on any atom is 0.262 e. The van der Waals surface area contributed by atoms with E-state index in [-0.39, 0.29) is 4.90 Å². The van der Waals surface area contributed by atoms with Gasteiger partial charge in [0.2, 0.25) is 0 Å². The molecule has 0 amide bonds. The van der Waals surface area contributed by atoms with Crippen LogP contribution < -0.4 is 4.72 Å². The molecule has 8 heteroatoms. The lowest BCUT2D eigenvalue weighted by molar-refractivity contribution is 0.113. The summed E-state index contributed by atoms with van der Waals surface area (Å²) in [5, 5.41) is 4.23. The highest BCUT2D eigenvalue weighted by Gasteiger charge is 2.19. The molecular weight excluding hydrogens is 352 g/mol. The molecule has 0 aliphatic carbocycles. The third-order valence-corrected chi connectivity index (χ3v) is 5.51. The number of anilines is 1. The van der Waals surface area contributed by atoms with Gasteiger partial charge in [0.05, 0.1) is 28.6 Å². The van der Waals surface area contributed by atoms with Crippen molar-refractivity contribution in [3.8, 4) is 0 Å². The zero-order valence-corrected chi connectivity index (χ0v) is 16.9. The minimum Gasteiger partial charge on any atom is -0.377 e. The van der Waals surface area contributed by atoms with E-state index in [0.29, 0.717) is 24.6 Å². The van der Waals surface area contributed by atoms with Crippen LogP contribution in [0.4, 0.5) is 5.69 Å². The fraction of sp³-hybridized carbons (Fsp3) is 0.500. The summed E-state index contributed by atoms with van der Waals surface area (Å²) in [5.41, 5.74) is 2.90.